The van der Waals surface area contributed by atoms with Crippen LogP contribution < -0.4 is 15.3 Å². The average molecular weight is 343 g/mol. The first kappa shape index (κ1) is 15.8. The van der Waals surface area contributed by atoms with Crippen LogP contribution in [0.4, 0.5) is 5.82 Å². The molecule has 2 aromatic carbocycles. The Kier molecular flexibility index (Phi) is 4.26. The zero-order chi connectivity index (χ0) is 17.8. The predicted octanol–water partition coefficient (Wildman–Crippen LogP) is 1.38. The van der Waals surface area contributed by atoms with E-state index in [0.717, 1.165) is 22.3 Å². The Balaban J connectivity index is 1.99. The zero-order valence-electron chi connectivity index (χ0n) is 13.6. The van der Waals surface area contributed by atoms with E-state index in [2.05, 4.69) is 24.9 Å². The minimum absolute atomic E-state index is 0.162. The molecular weight excluding hydrogens is 330 g/mol. The lowest BCUT2D eigenvalue weighted by Crippen LogP contribution is -2.23. The largest absolute Gasteiger partial charge is 0.488 e. The van der Waals surface area contributed by atoms with E-state index in [1.54, 1.807) is 12.3 Å². The van der Waals surface area contributed by atoms with Crippen LogP contribution in [0.1, 0.15) is 0 Å². The third kappa shape index (κ3) is 3.36. The number of aromatic nitrogens is 2. The van der Waals surface area contributed by atoms with Gasteiger partial charge in [-0.3, -0.25) is 9.79 Å². The van der Waals surface area contributed by atoms with Crippen molar-refractivity contribution in [3.63, 3.8) is 0 Å². The van der Waals surface area contributed by atoms with Crippen molar-refractivity contribution in [1.29, 1.82) is 0 Å². The fourth-order valence-corrected chi connectivity index (χ4v) is 2.49. The highest BCUT2D eigenvalue weighted by Gasteiger charge is 2.05. The van der Waals surface area contributed by atoms with Gasteiger partial charge in [0.1, 0.15) is 18.7 Å². The van der Waals surface area contributed by atoms with Crippen LogP contribution in [0, 0.1) is 0 Å². The molecule has 1 aliphatic heterocycles. The first-order valence-electron chi connectivity index (χ1n) is 7.91. The second-order valence-corrected chi connectivity index (χ2v) is 5.42. The van der Waals surface area contributed by atoms with E-state index in [0.29, 0.717) is 16.9 Å². The van der Waals surface area contributed by atoms with Crippen molar-refractivity contribution < 1.29 is 9.53 Å². The van der Waals surface area contributed by atoms with Crippen molar-refractivity contribution in [1.82, 2.24) is 9.97 Å². The smallest absolute Gasteiger partial charge is 0.287 e. The number of aliphatic imine (C=N–C) groups is 2. The fourth-order valence-electron chi connectivity index (χ4n) is 2.49. The maximum atomic E-state index is 11.7. The van der Waals surface area contributed by atoms with Crippen LogP contribution >= 0.6 is 0 Å². The fraction of sp³-hybridized carbons (Fsp3) is 0.0526. The minimum Gasteiger partial charge on any atom is -0.488 e. The van der Waals surface area contributed by atoms with Crippen LogP contribution in [-0.2, 0) is 4.79 Å². The molecule has 0 aliphatic carbocycles. The molecule has 2 heterocycles. The van der Waals surface area contributed by atoms with Gasteiger partial charge in [0.15, 0.2) is 5.82 Å². The molecule has 0 fully saturated rings. The van der Waals surface area contributed by atoms with E-state index in [1.165, 1.54) is 12.5 Å². The van der Waals surface area contributed by atoms with Gasteiger partial charge in [0.2, 0.25) is 0 Å². The number of ether oxygens (including phenoxy) is 1. The van der Waals surface area contributed by atoms with E-state index in [9.17, 15) is 4.79 Å². The summed E-state index contributed by atoms with van der Waals surface area (Å²) < 4.78 is 5.61. The van der Waals surface area contributed by atoms with Crippen molar-refractivity contribution in [2.75, 3.05) is 6.61 Å². The van der Waals surface area contributed by atoms with Gasteiger partial charge in [-0.2, -0.15) is 0 Å². The van der Waals surface area contributed by atoms with Gasteiger partial charge in [-0.05, 0) is 24.3 Å². The Labute approximate surface area is 148 Å². The maximum Gasteiger partial charge on any atom is 0.287 e. The molecule has 126 valence electrons. The van der Waals surface area contributed by atoms with Gasteiger partial charge in [-0.15, -0.1) is 0 Å². The summed E-state index contributed by atoms with van der Waals surface area (Å²) in [4.78, 5) is 32.7. The predicted molar refractivity (Wildman–Crippen MR) is 98.4 cm³/mol. The monoisotopic (exact) mass is 343 g/mol. The quantitative estimate of drug-likeness (QED) is 0.617. The van der Waals surface area contributed by atoms with Gasteiger partial charge in [0.25, 0.3) is 5.91 Å². The molecule has 0 spiro atoms. The van der Waals surface area contributed by atoms with Crippen LogP contribution in [0.15, 0.2) is 63.8 Å². The lowest BCUT2D eigenvalue weighted by molar-refractivity contribution is -0.111. The molecule has 0 N–H and O–H groups in total. The molecule has 4 rings (SSSR count). The van der Waals surface area contributed by atoms with Crippen LogP contribution in [0.5, 0.6) is 5.75 Å². The van der Waals surface area contributed by atoms with E-state index < -0.39 is 5.91 Å². The molecule has 0 unspecified atom stereocenters. The molecule has 1 amide bonds. The molecule has 7 nitrogen and oxygen atoms in total. The third-order valence-electron chi connectivity index (χ3n) is 3.69. The molecule has 2 bridgehead atoms. The van der Waals surface area contributed by atoms with Crippen molar-refractivity contribution in [2.24, 2.45) is 15.0 Å². The topological polar surface area (TPSA) is 89.2 Å². The number of fused-ring (bicyclic) bond motifs is 2. The van der Waals surface area contributed by atoms with E-state index in [4.69, 9.17) is 4.74 Å². The number of carbonyl (C=O) groups is 1. The van der Waals surface area contributed by atoms with Crippen LogP contribution in [0.2, 0.25) is 0 Å². The summed E-state index contributed by atoms with van der Waals surface area (Å²) in [6.07, 6.45) is 5.59. The van der Waals surface area contributed by atoms with E-state index in [1.807, 2.05) is 36.4 Å². The molecule has 0 radical (unpaired) electrons. The maximum absolute atomic E-state index is 11.7. The van der Waals surface area contributed by atoms with Gasteiger partial charge in [-0.25, -0.2) is 20.0 Å². The summed E-state index contributed by atoms with van der Waals surface area (Å²) in [6.45, 7) is 0.162. The molecule has 1 aliphatic rings. The third-order valence-corrected chi connectivity index (χ3v) is 3.69. The number of amides is 1. The number of rotatable bonds is 0. The van der Waals surface area contributed by atoms with E-state index in [-0.39, 0.29) is 6.61 Å². The standard InChI is InChI=1S/C19H13N5O2/c25-18-11-20-10-13-3-1-2-4-16(13)24-19-15-9-14(26-8-7-21-18)5-6-17(15)22-12-23-19/h1-7,9-12H,8H2. The number of nitrogens with zero attached hydrogens (tertiary/aromatic N) is 5. The summed E-state index contributed by atoms with van der Waals surface area (Å²) in [5.41, 5.74) is 0.763. The normalized spacial score (nSPS) is 13.9. The lowest BCUT2D eigenvalue weighted by Gasteiger charge is -2.05. The number of para-hydroxylation sites is 1. The van der Waals surface area contributed by atoms with Gasteiger partial charge in [0, 0.05) is 23.0 Å². The zero-order valence-corrected chi connectivity index (χ0v) is 13.6. The van der Waals surface area contributed by atoms with Gasteiger partial charge in [0.05, 0.1) is 17.1 Å². The molecule has 1 aromatic heterocycles. The van der Waals surface area contributed by atoms with Crippen LogP contribution in [-0.4, -0.2) is 34.9 Å². The number of carbonyl (C=O) groups excluding carboxylic acids is 1. The number of hydrogen-bond donors (Lipinski definition) is 0. The first-order chi connectivity index (χ1) is 12.8. The first-order valence-corrected chi connectivity index (χ1v) is 7.91. The minimum atomic E-state index is -0.459. The number of benzene rings is 2. The van der Waals surface area contributed by atoms with Crippen molar-refractivity contribution in [3.05, 3.63) is 59.4 Å². The van der Waals surface area contributed by atoms with Crippen molar-refractivity contribution in [3.8, 4) is 5.75 Å². The highest BCUT2D eigenvalue weighted by Crippen LogP contribution is 2.25. The summed E-state index contributed by atoms with van der Waals surface area (Å²) in [7, 11) is 0. The average Bonchev–Trinajstić information content (AvgIpc) is 2.67. The molecule has 0 saturated carbocycles. The second-order valence-electron chi connectivity index (χ2n) is 5.42. The van der Waals surface area contributed by atoms with Crippen molar-refractivity contribution >= 4 is 41.3 Å². The Morgan fingerprint density at radius 3 is 2.92 bits per heavy atom. The summed E-state index contributed by atoms with van der Waals surface area (Å²) in [6, 6.07) is 12.9. The lowest BCUT2D eigenvalue weighted by atomic mass is 10.2. The Morgan fingerprint density at radius 2 is 1.96 bits per heavy atom. The second kappa shape index (κ2) is 7.02. The highest BCUT2D eigenvalue weighted by atomic mass is 16.5. The van der Waals surface area contributed by atoms with Gasteiger partial charge < -0.3 is 4.74 Å². The Hall–Kier alpha value is -3.74. The number of hydrogen-bond acceptors (Lipinski definition) is 6. The molecule has 7 heteroatoms. The molecule has 0 saturated heterocycles. The summed E-state index contributed by atoms with van der Waals surface area (Å²) in [5, 5.41) is 2.21. The Morgan fingerprint density at radius 1 is 1.04 bits per heavy atom. The van der Waals surface area contributed by atoms with Crippen LogP contribution in [0.3, 0.4) is 0 Å². The molecule has 26 heavy (non-hydrogen) atoms. The van der Waals surface area contributed by atoms with Gasteiger partial charge >= 0.3 is 0 Å². The molecule has 3 aromatic rings. The summed E-state index contributed by atoms with van der Waals surface area (Å²) in [5.74, 6) is 0.690. The van der Waals surface area contributed by atoms with Gasteiger partial charge in [-0.1, -0.05) is 18.2 Å². The van der Waals surface area contributed by atoms with E-state index >= 15 is 0 Å². The van der Waals surface area contributed by atoms with Crippen molar-refractivity contribution in [2.45, 2.75) is 0 Å². The highest BCUT2D eigenvalue weighted by molar-refractivity contribution is 6.28. The molecule has 0 atom stereocenters. The SMILES string of the molecule is O=C1C=NC=c2ccccc2=Nc2ncnc3ccc(cc23)OCC=N1. The molecular formula is C19H13N5O2. The Bertz CT molecular complexity index is 1170. The summed E-state index contributed by atoms with van der Waals surface area (Å²) >= 11 is 0. The van der Waals surface area contributed by atoms with Crippen LogP contribution in [0.25, 0.3) is 17.1 Å².